The van der Waals surface area contributed by atoms with Crippen molar-refractivity contribution >= 4 is 11.3 Å². The average Bonchev–Trinajstić information content (AvgIpc) is 2.94. The summed E-state index contributed by atoms with van der Waals surface area (Å²) in [6, 6.07) is 0.199. The fraction of sp³-hybridized carbons (Fsp3) is 0.583. The minimum Gasteiger partial charge on any atom is -0.339 e. The molecular formula is C12H18N4OS. The summed E-state index contributed by atoms with van der Waals surface area (Å²) in [6.07, 6.45) is 0. The molecule has 0 unspecified atom stereocenters. The lowest BCUT2D eigenvalue weighted by molar-refractivity contribution is 0.358. The maximum atomic E-state index is 5.15. The van der Waals surface area contributed by atoms with Gasteiger partial charge in [-0.25, -0.2) is 4.98 Å². The van der Waals surface area contributed by atoms with Crippen LogP contribution in [0.5, 0.6) is 0 Å². The van der Waals surface area contributed by atoms with E-state index >= 15 is 0 Å². The molecule has 0 spiro atoms. The van der Waals surface area contributed by atoms with Crippen LogP contribution < -0.4 is 5.32 Å². The Kier molecular flexibility index (Phi) is 4.08. The van der Waals surface area contributed by atoms with E-state index in [0.717, 1.165) is 10.7 Å². The number of aryl methyl sites for hydroxylation is 1. The Bertz CT molecular complexity index is 506. The Morgan fingerprint density at radius 2 is 2.11 bits per heavy atom. The Hall–Kier alpha value is -1.27. The van der Waals surface area contributed by atoms with Crippen LogP contribution in [0.15, 0.2) is 9.90 Å². The first kappa shape index (κ1) is 13.2. The highest BCUT2D eigenvalue weighted by Gasteiger charge is 2.12. The zero-order chi connectivity index (χ0) is 13.1. The molecule has 5 nitrogen and oxygen atoms in total. The van der Waals surface area contributed by atoms with E-state index in [1.165, 1.54) is 0 Å². The number of rotatable bonds is 5. The predicted octanol–water partition coefficient (Wildman–Crippen LogP) is 2.81. The molecule has 0 radical (unpaired) electrons. The van der Waals surface area contributed by atoms with Crippen molar-refractivity contribution in [3.63, 3.8) is 0 Å². The van der Waals surface area contributed by atoms with Gasteiger partial charge in [-0.2, -0.15) is 4.98 Å². The molecule has 0 aliphatic heterocycles. The number of aromatic nitrogens is 3. The van der Waals surface area contributed by atoms with Gasteiger partial charge in [0.1, 0.15) is 5.01 Å². The summed E-state index contributed by atoms with van der Waals surface area (Å²) in [5, 5.41) is 10.4. The minimum atomic E-state index is 0.199. The summed E-state index contributed by atoms with van der Waals surface area (Å²) >= 11 is 1.67. The van der Waals surface area contributed by atoms with Gasteiger partial charge in [0.15, 0.2) is 5.82 Å². The topological polar surface area (TPSA) is 63.8 Å². The summed E-state index contributed by atoms with van der Waals surface area (Å²) in [7, 11) is 0. The highest BCUT2D eigenvalue weighted by Crippen LogP contribution is 2.18. The van der Waals surface area contributed by atoms with Gasteiger partial charge >= 0.3 is 0 Å². The number of thiazole rings is 1. The lowest BCUT2D eigenvalue weighted by Crippen LogP contribution is -2.18. The van der Waals surface area contributed by atoms with Crippen molar-refractivity contribution in [1.82, 2.24) is 20.4 Å². The lowest BCUT2D eigenvalue weighted by atomic mass is 10.2. The zero-order valence-corrected chi connectivity index (χ0v) is 11.9. The van der Waals surface area contributed by atoms with Crippen LogP contribution in [0, 0.1) is 6.92 Å². The van der Waals surface area contributed by atoms with E-state index in [4.69, 9.17) is 4.52 Å². The summed E-state index contributed by atoms with van der Waals surface area (Å²) in [4.78, 5) is 8.77. The van der Waals surface area contributed by atoms with Crippen LogP contribution in [0.4, 0.5) is 0 Å². The molecule has 6 heteroatoms. The molecule has 0 aromatic carbocycles. The Morgan fingerprint density at radius 1 is 1.33 bits per heavy atom. The van der Waals surface area contributed by atoms with Crippen molar-refractivity contribution in [1.29, 1.82) is 0 Å². The first-order valence-electron chi connectivity index (χ1n) is 6.04. The molecular weight excluding hydrogens is 248 g/mol. The molecule has 18 heavy (non-hydrogen) atoms. The van der Waals surface area contributed by atoms with Crippen LogP contribution in [0.3, 0.4) is 0 Å². The van der Waals surface area contributed by atoms with Gasteiger partial charge in [-0.05, 0) is 13.8 Å². The SMILES string of the molecule is Cc1csc([C@@H](C)NCc2noc(C(C)C)n2)n1. The highest BCUT2D eigenvalue weighted by atomic mass is 32.1. The molecule has 0 amide bonds. The van der Waals surface area contributed by atoms with Crippen LogP contribution in [-0.4, -0.2) is 15.1 Å². The molecule has 1 N–H and O–H groups in total. The smallest absolute Gasteiger partial charge is 0.229 e. The molecule has 2 aromatic heterocycles. The fourth-order valence-electron chi connectivity index (χ4n) is 1.48. The highest BCUT2D eigenvalue weighted by molar-refractivity contribution is 7.09. The van der Waals surface area contributed by atoms with Crippen molar-refractivity contribution in [2.75, 3.05) is 0 Å². The minimum absolute atomic E-state index is 0.199. The van der Waals surface area contributed by atoms with Gasteiger partial charge in [0.25, 0.3) is 0 Å². The van der Waals surface area contributed by atoms with Crippen molar-refractivity contribution in [3.05, 3.63) is 27.8 Å². The fourth-order valence-corrected chi connectivity index (χ4v) is 2.30. The largest absolute Gasteiger partial charge is 0.339 e. The van der Waals surface area contributed by atoms with E-state index in [0.29, 0.717) is 18.3 Å². The molecule has 1 atom stereocenters. The van der Waals surface area contributed by atoms with Crippen LogP contribution in [-0.2, 0) is 6.54 Å². The van der Waals surface area contributed by atoms with Crippen LogP contribution >= 0.6 is 11.3 Å². The molecule has 2 aromatic rings. The van der Waals surface area contributed by atoms with Crippen LogP contribution in [0.2, 0.25) is 0 Å². The third-order valence-corrected chi connectivity index (χ3v) is 3.70. The standard InChI is InChI=1S/C12H18N4OS/c1-7(2)11-15-10(16-17-11)5-13-9(4)12-14-8(3)6-18-12/h6-7,9,13H,5H2,1-4H3/t9-/m1/s1. The second-order valence-electron chi connectivity index (χ2n) is 4.63. The molecule has 2 heterocycles. The van der Waals surface area contributed by atoms with Gasteiger partial charge in [0, 0.05) is 17.0 Å². The number of nitrogens with one attached hydrogen (secondary N) is 1. The van der Waals surface area contributed by atoms with Gasteiger partial charge in [-0.15, -0.1) is 11.3 Å². The van der Waals surface area contributed by atoms with Crippen molar-refractivity contribution in [3.8, 4) is 0 Å². The summed E-state index contributed by atoms with van der Waals surface area (Å²) in [5.74, 6) is 1.65. The van der Waals surface area contributed by atoms with Crippen LogP contribution in [0.25, 0.3) is 0 Å². The number of hydrogen-bond acceptors (Lipinski definition) is 6. The van der Waals surface area contributed by atoms with Gasteiger partial charge in [0.05, 0.1) is 12.6 Å². The average molecular weight is 266 g/mol. The third kappa shape index (κ3) is 3.14. The Labute approximate surface area is 111 Å². The monoisotopic (exact) mass is 266 g/mol. The summed E-state index contributed by atoms with van der Waals surface area (Å²) in [5.41, 5.74) is 1.06. The Morgan fingerprint density at radius 3 is 2.67 bits per heavy atom. The molecule has 0 saturated heterocycles. The van der Waals surface area contributed by atoms with Crippen LogP contribution in [0.1, 0.15) is 55.1 Å². The third-order valence-electron chi connectivity index (χ3n) is 2.55. The molecule has 0 fully saturated rings. The normalized spacial score (nSPS) is 13.2. The summed E-state index contributed by atoms with van der Waals surface area (Å²) in [6.45, 7) is 8.75. The van der Waals surface area contributed by atoms with Gasteiger partial charge < -0.3 is 9.84 Å². The van der Waals surface area contributed by atoms with E-state index in [2.05, 4.69) is 32.7 Å². The van der Waals surface area contributed by atoms with Crippen molar-refractivity contribution in [2.24, 2.45) is 0 Å². The van der Waals surface area contributed by atoms with E-state index in [9.17, 15) is 0 Å². The predicted molar refractivity (Wildman–Crippen MR) is 70.5 cm³/mol. The van der Waals surface area contributed by atoms with Crippen molar-refractivity contribution in [2.45, 2.75) is 46.2 Å². The maximum Gasteiger partial charge on any atom is 0.229 e. The molecule has 0 aliphatic rings. The Balaban J connectivity index is 1.90. The zero-order valence-electron chi connectivity index (χ0n) is 11.1. The molecule has 98 valence electrons. The van der Waals surface area contributed by atoms with E-state index in [1.54, 1.807) is 11.3 Å². The quantitative estimate of drug-likeness (QED) is 0.901. The van der Waals surface area contributed by atoms with E-state index < -0.39 is 0 Å². The van der Waals surface area contributed by atoms with E-state index in [1.807, 2.05) is 20.8 Å². The number of nitrogens with zero attached hydrogens (tertiary/aromatic N) is 3. The lowest BCUT2D eigenvalue weighted by Gasteiger charge is -2.08. The second kappa shape index (κ2) is 5.58. The van der Waals surface area contributed by atoms with Gasteiger partial charge in [-0.1, -0.05) is 19.0 Å². The molecule has 0 saturated carbocycles. The summed E-state index contributed by atoms with van der Waals surface area (Å²) < 4.78 is 5.15. The van der Waals surface area contributed by atoms with Crippen molar-refractivity contribution < 1.29 is 4.52 Å². The maximum absolute atomic E-state index is 5.15. The molecule has 0 aliphatic carbocycles. The van der Waals surface area contributed by atoms with Gasteiger partial charge in [-0.3, -0.25) is 0 Å². The second-order valence-corrected chi connectivity index (χ2v) is 5.52. The molecule has 2 rings (SSSR count). The molecule has 0 bridgehead atoms. The van der Waals surface area contributed by atoms with E-state index in [-0.39, 0.29) is 12.0 Å². The van der Waals surface area contributed by atoms with Gasteiger partial charge in [0.2, 0.25) is 5.89 Å². The first-order chi connectivity index (χ1) is 8.56. The first-order valence-corrected chi connectivity index (χ1v) is 6.92. The number of hydrogen-bond donors (Lipinski definition) is 1.